The molecule has 0 aromatic heterocycles. The summed E-state index contributed by atoms with van der Waals surface area (Å²) in [5.74, 6) is -1.94. The highest BCUT2D eigenvalue weighted by Crippen LogP contribution is 2.21. The fourth-order valence-electron chi connectivity index (χ4n) is 3.15. The third-order valence-electron chi connectivity index (χ3n) is 4.93. The second kappa shape index (κ2) is 10.8. The molecule has 0 saturated carbocycles. The first-order chi connectivity index (χ1) is 16.1. The molecule has 174 valence electrons. The van der Waals surface area contributed by atoms with Crippen molar-refractivity contribution in [3.8, 4) is 0 Å². The molecular weight excluding hydrogens is 445 g/mol. The first-order valence-corrected chi connectivity index (χ1v) is 10.4. The number of hydrogen-bond acceptors (Lipinski definition) is 5. The molecule has 0 aliphatic carbocycles. The van der Waals surface area contributed by atoms with E-state index in [0.717, 1.165) is 11.1 Å². The highest BCUT2D eigenvalue weighted by molar-refractivity contribution is 5.97. The van der Waals surface area contributed by atoms with Crippen LogP contribution in [-0.2, 0) is 28.9 Å². The molecule has 0 N–H and O–H groups in total. The van der Waals surface area contributed by atoms with Gasteiger partial charge in [-0.25, -0.2) is 0 Å². The molecule has 0 unspecified atom stereocenters. The second-order valence-corrected chi connectivity index (χ2v) is 7.81. The maximum Gasteiger partial charge on any atom is 0.450 e. The molecule has 3 aromatic rings. The fourth-order valence-corrected chi connectivity index (χ4v) is 3.15. The summed E-state index contributed by atoms with van der Waals surface area (Å²) in [4.78, 5) is 34.7. The Labute approximate surface area is 194 Å². The molecule has 0 saturated heterocycles. The molecule has 0 fully saturated rings. The van der Waals surface area contributed by atoms with Crippen LogP contribution in [0.3, 0.4) is 0 Å². The zero-order valence-electron chi connectivity index (χ0n) is 18.3. The fraction of sp³-hybridized carbons (Fsp3) is 0.192. The van der Waals surface area contributed by atoms with Gasteiger partial charge < -0.3 is 0 Å². The average Bonchev–Trinajstić information content (AvgIpc) is 2.79. The zero-order valence-corrected chi connectivity index (χ0v) is 18.3. The van der Waals surface area contributed by atoms with Gasteiger partial charge in [0.2, 0.25) is 5.78 Å². The molecule has 0 heterocycles. The molecule has 0 spiro atoms. The summed E-state index contributed by atoms with van der Waals surface area (Å²) in [6, 6.07) is 19.7. The van der Waals surface area contributed by atoms with E-state index >= 15 is 0 Å². The summed E-state index contributed by atoms with van der Waals surface area (Å²) in [5.41, 5.74) is 3.44. The summed E-state index contributed by atoms with van der Waals surface area (Å²) in [7, 11) is 0. The lowest BCUT2D eigenvalue weighted by molar-refractivity contribution is -0.170. The first-order valence-electron chi connectivity index (χ1n) is 10.4. The van der Waals surface area contributed by atoms with Crippen molar-refractivity contribution in [2.75, 3.05) is 0 Å². The Morgan fingerprint density at radius 2 is 1.06 bits per heavy atom. The second-order valence-electron chi connectivity index (χ2n) is 7.81. The minimum atomic E-state index is -4.87. The van der Waals surface area contributed by atoms with Gasteiger partial charge >= 0.3 is 6.18 Å². The number of Topliss-reactive ketones (excluding diaryl/α,β-unsaturated/α-hetero) is 3. The number of hydrogen-bond donors (Lipinski definition) is 0. The topological polar surface area (TPSA) is 75.9 Å². The maximum atomic E-state index is 12.5. The van der Waals surface area contributed by atoms with Crippen molar-refractivity contribution in [2.24, 2.45) is 10.2 Å². The lowest BCUT2D eigenvalue weighted by Gasteiger charge is -2.06. The van der Waals surface area contributed by atoms with Gasteiger partial charge in [-0.15, -0.1) is 0 Å². The monoisotopic (exact) mass is 466 g/mol. The van der Waals surface area contributed by atoms with Gasteiger partial charge in [-0.1, -0.05) is 48.5 Å². The summed E-state index contributed by atoms with van der Waals surface area (Å²) < 4.78 is 37.1. The quantitative estimate of drug-likeness (QED) is 0.273. The van der Waals surface area contributed by atoms with Crippen molar-refractivity contribution in [3.05, 3.63) is 95.1 Å². The minimum Gasteiger partial charge on any atom is -0.300 e. The standard InChI is InChI=1S/C26H21F3N2O3/c1-17(32)14-18-4-10-22(11-5-18)30-31-23-12-6-19(7-13-23)15-24(33)21-8-2-20(3-9-21)16-25(34)26(27,28)29/h2-13H,14-16H2,1H3. The van der Waals surface area contributed by atoms with E-state index in [9.17, 15) is 27.6 Å². The number of halogens is 3. The zero-order chi connectivity index (χ0) is 24.7. The number of carbonyl (C=O) groups is 3. The Morgan fingerprint density at radius 1 is 0.647 bits per heavy atom. The maximum absolute atomic E-state index is 12.5. The van der Waals surface area contributed by atoms with Gasteiger partial charge in [0.1, 0.15) is 5.78 Å². The molecule has 3 aromatic carbocycles. The average molecular weight is 466 g/mol. The Balaban J connectivity index is 1.56. The van der Waals surface area contributed by atoms with Crippen molar-refractivity contribution in [1.82, 2.24) is 0 Å². The van der Waals surface area contributed by atoms with Crippen LogP contribution in [0.4, 0.5) is 24.5 Å². The predicted octanol–water partition coefficient (Wildman–Crippen LogP) is 6.33. The molecule has 8 heteroatoms. The number of nitrogens with zero attached hydrogens (tertiary/aromatic N) is 2. The number of azo groups is 1. The molecular formula is C26H21F3N2O3. The molecule has 0 amide bonds. The van der Waals surface area contributed by atoms with E-state index in [2.05, 4.69) is 10.2 Å². The third kappa shape index (κ3) is 7.30. The first kappa shape index (κ1) is 24.7. The molecule has 0 aliphatic heterocycles. The third-order valence-corrected chi connectivity index (χ3v) is 4.93. The molecule has 0 atom stereocenters. The molecule has 0 aliphatic rings. The van der Waals surface area contributed by atoms with E-state index in [-0.39, 0.29) is 23.6 Å². The molecule has 34 heavy (non-hydrogen) atoms. The lowest BCUT2D eigenvalue weighted by atomic mass is 10.0. The Hall–Kier alpha value is -3.94. The molecule has 3 rings (SSSR count). The van der Waals surface area contributed by atoms with Crippen molar-refractivity contribution >= 4 is 28.7 Å². The molecule has 0 bridgehead atoms. The molecule has 0 radical (unpaired) electrons. The van der Waals surface area contributed by atoms with Crippen molar-refractivity contribution < 1.29 is 27.6 Å². The SMILES string of the molecule is CC(=O)Cc1ccc(N=Nc2ccc(CC(=O)c3ccc(CC(=O)C(F)(F)F)cc3)cc2)cc1. The van der Waals surface area contributed by atoms with Crippen LogP contribution in [0.15, 0.2) is 83.0 Å². The van der Waals surface area contributed by atoms with Crippen LogP contribution in [-0.4, -0.2) is 23.5 Å². The van der Waals surface area contributed by atoms with Crippen molar-refractivity contribution in [2.45, 2.75) is 32.4 Å². The number of carbonyl (C=O) groups excluding carboxylic acids is 3. The van der Waals surface area contributed by atoms with Crippen molar-refractivity contribution in [3.63, 3.8) is 0 Å². The predicted molar refractivity (Wildman–Crippen MR) is 121 cm³/mol. The van der Waals surface area contributed by atoms with Gasteiger partial charge in [0, 0.05) is 24.8 Å². The van der Waals surface area contributed by atoms with Crippen LogP contribution in [0, 0.1) is 0 Å². The van der Waals surface area contributed by atoms with Crippen LogP contribution < -0.4 is 0 Å². The van der Waals surface area contributed by atoms with Gasteiger partial charge in [0.05, 0.1) is 11.4 Å². The largest absolute Gasteiger partial charge is 0.450 e. The highest BCUT2D eigenvalue weighted by Gasteiger charge is 2.37. The Kier molecular flexibility index (Phi) is 7.83. The van der Waals surface area contributed by atoms with E-state index in [1.165, 1.54) is 31.2 Å². The van der Waals surface area contributed by atoms with Crippen molar-refractivity contribution in [1.29, 1.82) is 0 Å². The van der Waals surface area contributed by atoms with Crippen LogP contribution >= 0.6 is 0 Å². The molecule has 5 nitrogen and oxygen atoms in total. The Morgan fingerprint density at radius 3 is 1.50 bits per heavy atom. The number of alkyl halides is 3. The Bertz CT molecular complexity index is 1200. The van der Waals surface area contributed by atoms with Crippen LogP contribution in [0.5, 0.6) is 0 Å². The summed E-state index contributed by atoms with van der Waals surface area (Å²) >= 11 is 0. The van der Waals surface area contributed by atoms with E-state index in [0.29, 0.717) is 23.4 Å². The van der Waals surface area contributed by atoms with Gasteiger partial charge in [-0.05, 0) is 47.9 Å². The van der Waals surface area contributed by atoms with E-state index < -0.39 is 18.4 Å². The van der Waals surface area contributed by atoms with Gasteiger partial charge in [0.25, 0.3) is 0 Å². The number of ketones is 3. The summed E-state index contributed by atoms with van der Waals surface area (Å²) in [5, 5.41) is 8.32. The lowest BCUT2D eigenvalue weighted by Crippen LogP contribution is -2.24. The van der Waals surface area contributed by atoms with Gasteiger partial charge in [0.15, 0.2) is 5.78 Å². The summed E-state index contributed by atoms with van der Waals surface area (Å²) in [6.07, 6.45) is -5.15. The minimum absolute atomic E-state index is 0.0855. The van der Waals surface area contributed by atoms with Crippen LogP contribution in [0.25, 0.3) is 0 Å². The van der Waals surface area contributed by atoms with E-state index in [4.69, 9.17) is 0 Å². The van der Waals surface area contributed by atoms with Crippen LogP contribution in [0.2, 0.25) is 0 Å². The van der Waals surface area contributed by atoms with E-state index in [1.54, 1.807) is 36.4 Å². The van der Waals surface area contributed by atoms with Gasteiger partial charge in [-0.3, -0.25) is 14.4 Å². The van der Waals surface area contributed by atoms with Gasteiger partial charge in [-0.2, -0.15) is 23.4 Å². The van der Waals surface area contributed by atoms with Crippen LogP contribution in [0.1, 0.15) is 34.0 Å². The smallest absolute Gasteiger partial charge is 0.300 e. The number of benzene rings is 3. The normalized spacial score (nSPS) is 11.5. The van der Waals surface area contributed by atoms with E-state index in [1.807, 2.05) is 12.1 Å². The number of rotatable bonds is 9. The highest BCUT2D eigenvalue weighted by atomic mass is 19.4. The summed E-state index contributed by atoms with van der Waals surface area (Å²) in [6.45, 7) is 1.53.